The summed E-state index contributed by atoms with van der Waals surface area (Å²) in [6.07, 6.45) is 0. The molecule has 1 aliphatic heterocycles. The Hall–Kier alpha value is -2.73. The number of amides is 1. The fourth-order valence-electron chi connectivity index (χ4n) is 3.17. The monoisotopic (exact) mass is 365 g/mol. The number of nitrogens with zero attached hydrogens (tertiary/aromatic N) is 2. The van der Waals surface area contributed by atoms with Crippen molar-refractivity contribution in [2.45, 2.75) is 19.1 Å². The van der Waals surface area contributed by atoms with Gasteiger partial charge in [-0.15, -0.1) is 11.8 Å². The van der Waals surface area contributed by atoms with E-state index in [2.05, 4.69) is 5.32 Å². The normalized spacial score (nSPS) is 16.7. The van der Waals surface area contributed by atoms with Crippen LogP contribution in [0.1, 0.15) is 27.6 Å². The molecule has 0 saturated carbocycles. The lowest BCUT2D eigenvalue weighted by Crippen LogP contribution is -2.15. The Kier molecular flexibility index (Phi) is 4.20. The highest BCUT2D eigenvalue weighted by Crippen LogP contribution is 2.44. The molecule has 1 amide bonds. The number of aromatic hydroxyl groups is 1. The van der Waals surface area contributed by atoms with Crippen molar-refractivity contribution in [3.8, 4) is 11.4 Å². The van der Waals surface area contributed by atoms with Gasteiger partial charge in [-0.1, -0.05) is 29.8 Å². The molecule has 132 valence electrons. The lowest BCUT2D eigenvalue weighted by Gasteiger charge is -2.15. The second kappa shape index (κ2) is 6.53. The second-order valence-electron chi connectivity index (χ2n) is 6.43. The van der Waals surface area contributed by atoms with Crippen LogP contribution >= 0.6 is 11.8 Å². The summed E-state index contributed by atoms with van der Waals surface area (Å²) in [5.74, 6) is 1.28. The SMILES string of the molecule is Cc1ccc(-n2nc(C)c3c2NC(=O)CS[C@@H]3c2ccc(O)cc2)cc1. The molecule has 1 aliphatic rings. The first kappa shape index (κ1) is 16.7. The lowest BCUT2D eigenvalue weighted by molar-refractivity contribution is -0.113. The average Bonchev–Trinajstić information content (AvgIpc) is 2.83. The average molecular weight is 365 g/mol. The first-order valence-corrected chi connectivity index (χ1v) is 9.45. The second-order valence-corrected chi connectivity index (χ2v) is 7.52. The van der Waals surface area contributed by atoms with Gasteiger partial charge in [-0.2, -0.15) is 5.10 Å². The molecule has 0 radical (unpaired) electrons. The van der Waals surface area contributed by atoms with Crippen LogP contribution in [-0.2, 0) is 4.79 Å². The molecule has 0 saturated heterocycles. The molecule has 2 aromatic carbocycles. The highest BCUT2D eigenvalue weighted by molar-refractivity contribution is 8.00. The van der Waals surface area contributed by atoms with Gasteiger partial charge in [0.05, 0.1) is 22.4 Å². The Morgan fingerprint density at radius 3 is 2.50 bits per heavy atom. The zero-order valence-corrected chi connectivity index (χ0v) is 15.4. The molecule has 4 rings (SSSR count). The molecular formula is C20H19N3O2S. The molecule has 1 aromatic heterocycles. The summed E-state index contributed by atoms with van der Waals surface area (Å²) in [4.78, 5) is 12.3. The largest absolute Gasteiger partial charge is 0.508 e. The van der Waals surface area contributed by atoms with Crippen LogP contribution in [0.2, 0.25) is 0 Å². The highest BCUT2D eigenvalue weighted by Gasteiger charge is 2.30. The van der Waals surface area contributed by atoms with Crippen molar-refractivity contribution >= 4 is 23.5 Å². The number of hydrogen-bond acceptors (Lipinski definition) is 4. The third-order valence-corrected chi connectivity index (χ3v) is 5.75. The van der Waals surface area contributed by atoms with Gasteiger partial charge in [-0.3, -0.25) is 4.79 Å². The summed E-state index contributed by atoms with van der Waals surface area (Å²) in [5.41, 5.74) is 5.01. The van der Waals surface area contributed by atoms with E-state index in [1.807, 2.05) is 50.2 Å². The number of rotatable bonds is 2. The minimum atomic E-state index is -0.0363. The van der Waals surface area contributed by atoms with E-state index < -0.39 is 0 Å². The quantitative estimate of drug-likeness (QED) is 0.721. The molecule has 6 heteroatoms. The standard InChI is InChI=1S/C20H19N3O2S/c1-12-3-7-15(8-4-12)23-20-18(13(2)22-23)19(26-11-17(25)21-20)14-5-9-16(24)10-6-14/h3-10,19,24H,11H2,1-2H3,(H,21,25)/t19-/m1/s1. The van der Waals surface area contributed by atoms with Crippen molar-refractivity contribution in [1.82, 2.24) is 9.78 Å². The van der Waals surface area contributed by atoms with Crippen LogP contribution in [0.3, 0.4) is 0 Å². The van der Waals surface area contributed by atoms with Crippen LogP contribution < -0.4 is 5.32 Å². The minimum Gasteiger partial charge on any atom is -0.508 e. The van der Waals surface area contributed by atoms with Gasteiger partial charge in [0.2, 0.25) is 5.91 Å². The number of nitrogens with one attached hydrogen (secondary N) is 1. The van der Waals surface area contributed by atoms with E-state index in [1.54, 1.807) is 28.6 Å². The van der Waals surface area contributed by atoms with Crippen molar-refractivity contribution in [3.63, 3.8) is 0 Å². The summed E-state index contributed by atoms with van der Waals surface area (Å²) in [6.45, 7) is 4.01. The number of benzene rings is 2. The number of hydrogen-bond donors (Lipinski definition) is 2. The van der Waals surface area contributed by atoms with Crippen LogP contribution in [0.25, 0.3) is 5.69 Å². The predicted molar refractivity (Wildman–Crippen MR) is 104 cm³/mol. The number of phenolic OH excluding ortho intramolecular Hbond substituents is 1. The Bertz CT molecular complexity index is 962. The number of anilines is 1. The molecule has 0 fully saturated rings. The smallest absolute Gasteiger partial charge is 0.235 e. The van der Waals surface area contributed by atoms with E-state index in [-0.39, 0.29) is 16.9 Å². The Morgan fingerprint density at radius 1 is 1.12 bits per heavy atom. The van der Waals surface area contributed by atoms with E-state index in [9.17, 15) is 9.90 Å². The molecule has 2 heterocycles. The van der Waals surface area contributed by atoms with Gasteiger partial charge in [0.1, 0.15) is 11.6 Å². The molecule has 3 aromatic rings. The summed E-state index contributed by atoms with van der Waals surface area (Å²) in [6, 6.07) is 15.2. The Morgan fingerprint density at radius 2 is 1.81 bits per heavy atom. The number of thioether (sulfide) groups is 1. The first-order chi connectivity index (χ1) is 12.5. The summed E-state index contributed by atoms with van der Waals surface area (Å²) >= 11 is 1.57. The molecule has 26 heavy (non-hydrogen) atoms. The van der Waals surface area contributed by atoms with Crippen molar-refractivity contribution in [1.29, 1.82) is 0 Å². The number of carbonyl (C=O) groups excluding carboxylic acids is 1. The number of fused-ring (bicyclic) bond motifs is 1. The van der Waals surface area contributed by atoms with Gasteiger partial charge in [0.15, 0.2) is 0 Å². The molecule has 0 spiro atoms. The third-order valence-electron chi connectivity index (χ3n) is 4.48. The van der Waals surface area contributed by atoms with Crippen molar-refractivity contribution in [2.24, 2.45) is 0 Å². The van der Waals surface area contributed by atoms with Gasteiger partial charge in [-0.25, -0.2) is 4.68 Å². The van der Waals surface area contributed by atoms with E-state index >= 15 is 0 Å². The van der Waals surface area contributed by atoms with Crippen molar-refractivity contribution < 1.29 is 9.90 Å². The number of carbonyl (C=O) groups is 1. The topological polar surface area (TPSA) is 67.2 Å². The number of phenols is 1. The Balaban J connectivity index is 1.87. The highest BCUT2D eigenvalue weighted by atomic mass is 32.2. The zero-order valence-electron chi connectivity index (χ0n) is 14.6. The summed E-state index contributed by atoms with van der Waals surface area (Å²) < 4.78 is 1.81. The molecule has 0 aliphatic carbocycles. The number of aryl methyl sites for hydroxylation is 2. The molecule has 0 bridgehead atoms. The van der Waals surface area contributed by atoms with Crippen LogP contribution in [0.4, 0.5) is 5.82 Å². The van der Waals surface area contributed by atoms with Crippen LogP contribution in [-0.4, -0.2) is 26.5 Å². The van der Waals surface area contributed by atoms with E-state index in [4.69, 9.17) is 5.10 Å². The van der Waals surface area contributed by atoms with Gasteiger partial charge in [-0.05, 0) is 43.7 Å². The maximum absolute atomic E-state index is 12.3. The van der Waals surface area contributed by atoms with Crippen molar-refractivity contribution in [3.05, 3.63) is 70.9 Å². The summed E-state index contributed by atoms with van der Waals surface area (Å²) in [5, 5.41) is 17.3. The van der Waals surface area contributed by atoms with Crippen LogP contribution in [0.15, 0.2) is 48.5 Å². The van der Waals surface area contributed by atoms with E-state index in [1.165, 1.54) is 5.56 Å². The molecule has 2 N–H and O–H groups in total. The number of aromatic nitrogens is 2. The fraction of sp³-hybridized carbons (Fsp3) is 0.200. The van der Waals surface area contributed by atoms with E-state index in [0.717, 1.165) is 28.3 Å². The minimum absolute atomic E-state index is 0.0243. The summed E-state index contributed by atoms with van der Waals surface area (Å²) in [7, 11) is 0. The molecule has 5 nitrogen and oxygen atoms in total. The van der Waals surface area contributed by atoms with Crippen LogP contribution in [0.5, 0.6) is 5.75 Å². The molecular weight excluding hydrogens is 346 g/mol. The van der Waals surface area contributed by atoms with Crippen molar-refractivity contribution in [2.75, 3.05) is 11.1 Å². The first-order valence-electron chi connectivity index (χ1n) is 8.40. The van der Waals surface area contributed by atoms with Gasteiger partial charge < -0.3 is 10.4 Å². The van der Waals surface area contributed by atoms with Gasteiger partial charge in [0.25, 0.3) is 0 Å². The predicted octanol–water partition coefficient (Wildman–Crippen LogP) is 3.97. The van der Waals surface area contributed by atoms with Crippen LogP contribution in [0, 0.1) is 13.8 Å². The maximum Gasteiger partial charge on any atom is 0.235 e. The molecule has 1 atom stereocenters. The molecule has 0 unspecified atom stereocenters. The lowest BCUT2D eigenvalue weighted by atomic mass is 10.0. The van der Waals surface area contributed by atoms with Gasteiger partial charge >= 0.3 is 0 Å². The van der Waals surface area contributed by atoms with Gasteiger partial charge in [0, 0.05) is 5.56 Å². The third kappa shape index (κ3) is 2.97. The zero-order chi connectivity index (χ0) is 18.3. The van der Waals surface area contributed by atoms with E-state index in [0.29, 0.717) is 5.75 Å². The fourth-order valence-corrected chi connectivity index (χ4v) is 4.36. The maximum atomic E-state index is 12.3. The Labute approximate surface area is 156 Å².